The van der Waals surface area contributed by atoms with Crippen molar-refractivity contribution < 1.29 is 4.74 Å². The minimum atomic E-state index is 0. The molecule has 0 saturated carbocycles. The molecule has 0 aliphatic carbocycles. The van der Waals surface area contributed by atoms with Gasteiger partial charge in [0.1, 0.15) is 12.4 Å². The van der Waals surface area contributed by atoms with Gasteiger partial charge in [-0.2, -0.15) is 5.10 Å². The molecule has 1 heterocycles. The van der Waals surface area contributed by atoms with Crippen molar-refractivity contribution in [2.24, 2.45) is 12.0 Å². The first-order chi connectivity index (χ1) is 12.9. The van der Waals surface area contributed by atoms with E-state index < -0.39 is 0 Å². The smallest absolute Gasteiger partial charge is 0.193 e. The highest BCUT2D eigenvalue weighted by atomic mass is 127. The van der Waals surface area contributed by atoms with Crippen LogP contribution in [0.5, 0.6) is 5.75 Å². The molecule has 2 rings (SSSR count). The average molecular weight is 521 g/mol. The highest BCUT2D eigenvalue weighted by Crippen LogP contribution is 2.17. The van der Waals surface area contributed by atoms with Crippen LogP contribution in [0.25, 0.3) is 0 Å². The van der Waals surface area contributed by atoms with Gasteiger partial charge in [0, 0.05) is 44.5 Å². The van der Waals surface area contributed by atoms with Crippen molar-refractivity contribution in [1.29, 1.82) is 0 Å². The Morgan fingerprint density at radius 3 is 2.68 bits per heavy atom. The molecule has 0 bridgehead atoms. The van der Waals surface area contributed by atoms with E-state index in [1.54, 1.807) is 7.05 Å². The largest absolute Gasteiger partial charge is 0.492 e. The van der Waals surface area contributed by atoms with Crippen LogP contribution in [-0.4, -0.2) is 73.4 Å². The summed E-state index contributed by atoms with van der Waals surface area (Å²) in [5.74, 6) is 1.59. The summed E-state index contributed by atoms with van der Waals surface area (Å²) < 4.78 is 7.58. The second kappa shape index (κ2) is 12.1. The molecular formula is C19H30ClIN6O. The van der Waals surface area contributed by atoms with Crippen LogP contribution in [0.2, 0.25) is 5.02 Å². The Bertz CT molecular complexity index is 752. The molecule has 156 valence electrons. The van der Waals surface area contributed by atoms with Gasteiger partial charge in [-0.05, 0) is 32.3 Å². The van der Waals surface area contributed by atoms with Crippen molar-refractivity contribution in [1.82, 2.24) is 24.9 Å². The summed E-state index contributed by atoms with van der Waals surface area (Å²) in [6.07, 6.45) is 3.94. The Balaban J connectivity index is 0.00000392. The van der Waals surface area contributed by atoms with Crippen LogP contribution in [0.3, 0.4) is 0 Å². The third-order valence-electron chi connectivity index (χ3n) is 4.25. The number of rotatable bonds is 8. The van der Waals surface area contributed by atoms with Crippen molar-refractivity contribution in [3.63, 3.8) is 0 Å². The molecule has 0 amide bonds. The van der Waals surface area contributed by atoms with Crippen molar-refractivity contribution in [3.8, 4) is 5.75 Å². The van der Waals surface area contributed by atoms with Gasteiger partial charge in [-0.25, -0.2) is 0 Å². The Hall–Kier alpha value is -1.52. The highest BCUT2D eigenvalue weighted by molar-refractivity contribution is 14.0. The maximum atomic E-state index is 5.98. The van der Waals surface area contributed by atoms with Crippen LogP contribution in [0.1, 0.15) is 11.6 Å². The van der Waals surface area contributed by atoms with Crippen LogP contribution in [0, 0.1) is 0 Å². The maximum absolute atomic E-state index is 5.98. The number of guanidine groups is 1. The molecule has 1 aromatic heterocycles. The number of aryl methyl sites for hydroxylation is 1. The van der Waals surface area contributed by atoms with Gasteiger partial charge >= 0.3 is 0 Å². The van der Waals surface area contributed by atoms with E-state index >= 15 is 0 Å². The number of ether oxygens (including phenoxy) is 1. The molecule has 1 atom stereocenters. The van der Waals surface area contributed by atoms with Crippen molar-refractivity contribution in [2.75, 3.05) is 47.9 Å². The first-order valence-corrected chi connectivity index (χ1v) is 9.23. The number of nitrogens with one attached hydrogen (secondary N) is 1. The first kappa shape index (κ1) is 24.5. The third-order valence-corrected chi connectivity index (χ3v) is 4.49. The summed E-state index contributed by atoms with van der Waals surface area (Å²) in [4.78, 5) is 8.58. The van der Waals surface area contributed by atoms with Crippen molar-refractivity contribution >= 4 is 41.5 Å². The topological polar surface area (TPSA) is 57.9 Å². The molecule has 9 heteroatoms. The van der Waals surface area contributed by atoms with E-state index in [-0.39, 0.29) is 30.0 Å². The Kier molecular flexibility index (Phi) is 10.6. The molecule has 2 aromatic rings. The van der Waals surface area contributed by atoms with Gasteiger partial charge < -0.3 is 19.9 Å². The van der Waals surface area contributed by atoms with E-state index in [4.69, 9.17) is 16.3 Å². The fourth-order valence-electron chi connectivity index (χ4n) is 2.75. The van der Waals surface area contributed by atoms with E-state index in [2.05, 4.69) is 34.4 Å². The molecule has 1 unspecified atom stereocenters. The van der Waals surface area contributed by atoms with Gasteiger partial charge in [0.05, 0.1) is 18.8 Å². The molecular weight excluding hydrogens is 491 g/mol. The number of nitrogens with zero attached hydrogens (tertiary/aromatic N) is 5. The Morgan fingerprint density at radius 1 is 1.36 bits per heavy atom. The van der Waals surface area contributed by atoms with E-state index in [0.29, 0.717) is 18.2 Å². The lowest BCUT2D eigenvalue weighted by Crippen LogP contribution is -2.44. The zero-order valence-corrected chi connectivity index (χ0v) is 20.2. The second-order valence-electron chi connectivity index (χ2n) is 6.58. The fraction of sp³-hybridized carbons (Fsp3) is 0.474. The number of halogens is 2. The zero-order chi connectivity index (χ0) is 19.8. The molecule has 1 N–H and O–H groups in total. The standard InChI is InChI=1S/C19H29ClN6O.HI/c1-21-19(22-13-18(24(2)3)15-12-23-26(5)14-15)25(4)9-10-27-17-8-6-7-16(20)11-17;/h6-8,11-12,14,18H,9-10,13H2,1-5H3,(H,21,22);1H. The molecule has 0 spiro atoms. The summed E-state index contributed by atoms with van der Waals surface area (Å²) in [5, 5.41) is 8.38. The second-order valence-corrected chi connectivity index (χ2v) is 7.02. The number of aromatic nitrogens is 2. The Morgan fingerprint density at radius 2 is 2.11 bits per heavy atom. The predicted molar refractivity (Wildman–Crippen MR) is 126 cm³/mol. The lowest BCUT2D eigenvalue weighted by Gasteiger charge is -2.27. The van der Waals surface area contributed by atoms with E-state index in [1.807, 2.05) is 60.3 Å². The van der Waals surface area contributed by atoms with Crippen LogP contribution in [0.4, 0.5) is 0 Å². The number of hydrogen-bond acceptors (Lipinski definition) is 4. The molecule has 0 saturated heterocycles. The number of benzene rings is 1. The first-order valence-electron chi connectivity index (χ1n) is 8.86. The summed E-state index contributed by atoms with van der Waals surface area (Å²) in [6, 6.07) is 7.61. The Labute approximate surface area is 189 Å². The predicted octanol–water partition coefficient (Wildman–Crippen LogP) is 2.88. The molecule has 7 nitrogen and oxygen atoms in total. The summed E-state index contributed by atoms with van der Waals surface area (Å²) in [6.45, 7) is 1.97. The fourth-order valence-corrected chi connectivity index (χ4v) is 2.93. The minimum absolute atomic E-state index is 0. The van der Waals surface area contributed by atoms with Gasteiger partial charge in [0.15, 0.2) is 5.96 Å². The van der Waals surface area contributed by atoms with E-state index in [1.165, 1.54) is 0 Å². The van der Waals surface area contributed by atoms with E-state index in [0.717, 1.165) is 23.8 Å². The molecule has 0 radical (unpaired) electrons. The lowest BCUT2D eigenvalue weighted by atomic mass is 10.1. The molecule has 0 aliphatic heterocycles. The SMILES string of the molecule is CN=C(NCC(c1cnn(C)c1)N(C)C)N(C)CCOc1cccc(Cl)c1.I. The summed E-state index contributed by atoms with van der Waals surface area (Å²) in [7, 11) is 9.82. The summed E-state index contributed by atoms with van der Waals surface area (Å²) >= 11 is 5.98. The van der Waals surface area contributed by atoms with Gasteiger partial charge in [0.2, 0.25) is 0 Å². The lowest BCUT2D eigenvalue weighted by molar-refractivity contribution is 0.275. The van der Waals surface area contributed by atoms with Crippen LogP contribution in [-0.2, 0) is 7.05 Å². The van der Waals surface area contributed by atoms with Crippen molar-refractivity contribution in [3.05, 3.63) is 47.2 Å². The minimum Gasteiger partial charge on any atom is -0.492 e. The van der Waals surface area contributed by atoms with Gasteiger partial charge in [-0.1, -0.05) is 17.7 Å². The molecule has 1 aromatic carbocycles. The molecule has 0 fully saturated rings. The van der Waals surface area contributed by atoms with Crippen LogP contribution < -0.4 is 10.1 Å². The average Bonchev–Trinajstić information content (AvgIpc) is 3.04. The van der Waals surface area contributed by atoms with Crippen LogP contribution in [0.15, 0.2) is 41.7 Å². The number of likely N-dealkylation sites (N-methyl/N-ethyl adjacent to an activating group) is 2. The van der Waals surface area contributed by atoms with Gasteiger partial charge in [0.25, 0.3) is 0 Å². The highest BCUT2D eigenvalue weighted by Gasteiger charge is 2.17. The maximum Gasteiger partial charge on any atom is 0.193 e. The quantitative estimate of drug-likeness (QED) is 0.330. The monoisotopic (exact) mass is 520 g/mol. The number of aliphatic imine (C=N–C) groups is 1. The van der Waals surface area contributed by atoms with Gasteiger partial charge in [-0.15, -0.1) is 24.0 Å². The van der Waals surface area contributed by atoms with E-state index in [9.17, 15) is 0 Å². The summed E-state index contributed by atoms with van der Waals surface area (Å²) in [5.41, 5.74) is 1.16. The third kappa shape index (κ3) is 7.48. The normalized spacial score (nSPS) is 12.5. The molecule has 0 aliphatic rings. The molecule has 28 heavy (non-hydrogen) atoms. The number of hydrogen-bond donors (Lipinski definition) is 1. The van der Waals surface area contributed by atoms with Crippen LogP contribution >= 0.6 is 35.6 Å². The van der Waals surface area contributed by atoms with Gasteiger partial charge in [-0.3, -0.25) is 9.67 Å². The van der Waals surface area contributed by atoms with Crippen molar-refractivity contribution in [2.45, 2.75) is 6.04 Å². The zero-order valence-electron chi connectivity index (χ0n) is 17.1.